The second-order valence-corrected chi connectivity index (χ2v) is 8.04. The van der Waals surface area contributed by atoms with Crippen molar-refractivity contribution >= 4 is 0 Å². The minimum atomic E-state index is -0.491. The van der Waals surface area contributed by atoms with Crippen LogP contribution in [-0.2, 0) is 6.54 Å². The molecule has 1 aliphatic heterocycles. The SMILES string of the molecule is Cc1cc(C)n(-c2ccc(=O)n(CC3CN(CC4(O)CCCC4)C3)n2)n1. The summed E-state index contributed by atoms with van der Waals surface area (Å²) in [5.74, 6) is 1.08. The van der Waals surface area contributed by atoms with Crippen LogP contribution in [0, 0.1) is 19.8 Å². The highest BCUT2D eigenvalue weighted by atomic mass is 16.3. The molecule has 1 saturated heterocycles. The van der Waals surface area contributed by atoms with Crippen LogP contribution < -0.4 is 5.56 Å². The van der Waals surface area contributed by atoms with Crippen LogP contribution in [0.15, 0.2) is 23.0 Å². The third kappa shape index (κ3) is 3.46. The lowest BCUT2D eigenvalue weighted by atomic mass is 9.95. The summed E-state index contributed by atoms with van der Waals surface area (Å²) in [5.41, 5.74) is 1.36. The molecule has 0 spiro atoms. The molecule has 0 unspecified atom stereocenters. The Morgan fingerprint density at radius 2 is 1.92 bits per heavy atom. The normalized spacial score (nSPS) is 20.4. The minimum Gasteiger partial charge on any atom is -0.389 e. The molecule has 1 N–H and O–H groups in total. The van der Waals surface area contributed by atoms with Gasteiger partial charge in [-0.25, -0.2) is 9.36 Å². The number of rotatable bonds is 5. The number of nitrogens with zero attached hydrogens (tertiary/aromatic N) is 5. The molecule has 0 atom stereocenters. The first-order chi connectivity index (χ1) is 12.4. The zero-order valence-electron chi connectivity index (χ0n) is 15.6. The van der Waals surface area contributed by atoms with Gasteiger partial charge in [0.25, 0.3) is 5.56 Å². The highest BCUT2D eigenvalue weighted by Crippen LogP contribution is 2.32. The van der Waals surface area contributed by atoms with Gasteiger partial charge >= 0.3 is 0 Å². The van der Waals surface area contributed by atoms with Crippen LogP contribution in [0.3, 0.4) is 0 Å². The molecule has 2 fully saturated rings. The van der Waals surface area contributed by atoms with Gasteiger partial charge in [0.05, 0.1) is 17.8 Å². The molecule has 2 aromatic heterocycles. The Bertz CT molecular complexity index is 844. The molecular weight excluding hydrogens is 330 g/mol. The van der Waals surface area contributed by atoms with Gasteiger partial charge in [-0.3, -0.25) is 9.69 Å². The van der Waals surface area contributed by atoms with Crippen LogP contribution in [0.1, 0.15) is 37.1 Å². The van der Waals surface area contributed by atoms with E-state index in [4.69, 9.17) is 0 Å². The Balaban J connectivity index is 1.41. The predicted octanol–water partition coefficient (Wildman–Crippen LogP) is 1.28. The van der Waals surface area contributed by atoms with Crippen LogP contribution in [0.5, 0.6) is 0 Å². The molecule has 1 saturated carbocycles. The highest BCUT2D eigenvalue weighted by Gasteiger charge is 2.37. The van der Waals surface area contributed by atoms with Crippen molar-refractivity contribution in [3.63, 3.8) is 0 Å². The fourth-order valence-corrected chi connectivity index (χ4v) is 4.32. The number of aliphatic hydroxyl groups is 1. The molecular formula is C19H27N5O2. The van der Waals surface area contributed by atoms with Crippen molar-refractivity contribution in [1.82, 2.24) is 24.5 Å². The summed E-state index contributed by atoms with van der Waals surface area (Å²) in [6.07, 6.45) is 4.10. The number of aryl methyl sites for hydroxylation is 2. The van der Waals surface area contributed by atoms with Crippen molar-refractivity contribution < 1.29 is 5.11 Å². The van der Waals surface area contributed by atoms with Crippen LogP contribution in [0.4, 0.5) is 0 Å². The number of hydrogen-bond donors (Lipinski definition) is 1. The van der Waals surface area contributed by atoms with Crippen LogP contribution in [-0.4, -0.2) is 54.8 Å². The number of β-amino-alcohol motifs (C(OH)–C–C–N with tert-alkyl or cyclic N) is 1. The van der Waals surface area contributed by atoms with Crippen molar-refractivity contribution in [2.75, 3.05) is 19.6 Å². The molecule has 3 heterocycles. The van der Waals surface area contributed by atoms with Gasteiger partial charge in [-0.05, 0) is 38.8 Å². The first-order valence-electron chi connectivity index (χ1n) is 9.48. The molecule has 1 aliphatic carbocycles. The van der Waals surface area contributed by atoms with Gasteiger partial charge in [0, 0.05) is 37.3 Å². The summed E-state index contributed by atoms with van der Waals surface area (Å²) < 4.78 is 3.33. The van der Waals surface area contributed by atoms with Crippen molar-refractivity contribution in [2.45, 2.75) is 51.7 Å². The first-order valence-corrected chi connectivity index (χ1v) is 9.48. The molecule has 7 heteroatoms. The highest BCUT2D eigenvalue weighted by molar-refractivity contribution is 5.23. The van der Waals surface area contributed by atoms with Gasteiger partial charge < -0.3 is 5.11 Å². The number of hydrogen-bond acceptors (Lipinski definition) is 5. The maximum Gasteiger partial charge on any atom is 0.266 e. The number of aromatic nitrogens is 4. The monoisotopic (exact) mass is 357 g/mol. The standard InChI is InChI=1S/C19H27N5O2/c1-14-9-15(2)24(20-14)17-5-6-18(25)23(21-17)12-16-10-22(11-16)13-19(26)7-3-4-8-19/h5-6,9,16,26H,3-4,7-8,10-13H2,1-2H3. The van der Waals surface area contributed by atoms with E-state index in [0.29, 0.717) is 18.3 Å². The zero-order valence-corrected chi connectivity index (χ0v) is 15.6. The van der Waals surface area contributed by atoms with E-state index in [1.165, 1.54) is 0 Å². The molecule has 0 aromatic carbocycles. The lowest BCUT2D eigenvalue weighted by Crippen LogP contribution is -2.54. The maximum absolute atomic E-state index is 12.2. The number of likely N-dealkylation sites (tertiary alicyclic amines) is 1. The lowest BCUT2D eigenvalue weighted by molar-refractivity contribution is -0.0303. The van der Waals surface area contributed by atoms with Gasteiger partial charge in [0.15, 0.2) is 5.82 Å². The molecule has 0 radical (unpaired) electrons. The minimum absolute atomic E-state index is 0.0804. The van der Waals surface area contributed by atoms with E-state index < -0.39 is 5.60 Å². The molecule has 7 nitrogen and oxygen atoms in total. The van der Waals surface area contributed by atoms with Crippen molar-refractivity contribution in [2.24, 2.45) is 5.92 Å². The van der Waals surface area contributed by atoms with Crippen LogP contribution >= 0.6 is 0 Å². The molecule has 2 aromatic rings. The molecule has 140 valence electrons. The van der Waals surface area contributed by atoms with E-state index in [0.717, 1.165) is 56.7 Å². The van der Waals surface area contributed by atoms with Gasteiger partial charge in [-0.15, -0.1) is 5.10 Å². The molecule has 4 rings (SSSR count). The Morgan fingerprint density at radius 1 is 1.19 bits per heavy atom. The third-order valence-electron chi connectivity index (χ3n) is 5.60. The van der Waals surface area contributed by atoms with E-state index in [1.807, 2.05) is 19.9 Å². The molecule has 26 heavy (non-hydrogen) atoms. The summed E-state index contributed by atoms with van der Waals surface area (Å²) in [6, 6.07) is 5.28. The van der Waals surface area contributed by atoms with E-state index >= 15 is 0 Å². The average Bonchev–Trinajstić information content (AvgIpc) is 3.13. The average molecular weight is 357 g/mol. The topological polar surface area (TPSA) is 76.2 Å². The molecule has 2 aliphatic rings. The second-order valence-electron chi connectivity index (χ2n) is 8.04. The van der Waals surface area contributed by atoms with Gasteiger partial charge in [-0.2, -0.15) is 5.10 Å². The predicted molar refractivity (Wildman–Crippen MR) is 98.4 cm³/mol. The zero-order chi connectivity index (χ0) is 18.3. The van der Waals surface area contributed by atoms with Gasteiger partial charge in [0.2, 0.25) is 0 Å². The van der Waals surface area contributed by atoms with Crippen molar-refractivity contribution in [3.05, 3.63) is 39.9 Å². The quantitative estimate of drug-likeness (QED) is 0.872. The summed E-state index contributed by atoms with van der Waals surface area (Å²) in [7, 11) is 0. The maximum atomic E-state index is 12.2. The van der Waals surface area contributed by atoms with Crippen LogP contribution in [0.25, 0.3) is 5.82 Å². The third-order valence-corrected chi connectivity index (χ3v) is 5.60. The largest absolute Gasteiger partial charge is 0.389 e. The van der Waals surface area contributed by atoms with Gasteiger partial charge in [-0.1, -0.05) is 12.8 Å². The summed E-state index contributed by atoms with van der Waals surface area (Å²) in [6.45, 7) is 7.13. The summed E-state index contributed by atoms with van der Waals surface area (Å²) in [5, 5.41) is 19.5. The molecule has 0 amide bonds. The fraction of sp³-hybridized carbons (Fsp3) is 0.632. The second kappa shape index (κ2) is 6.63. The van der Waals surface area contributed by atoms with Crippen molar-refractivity contribution in [3.8, 4) is 5.82 Å². The lowest BCUT2D eigenvalue weighted by Gasteiger charge is -2.42. The smallest absolute Gasteiger partial charge is 0.266 e. The Morgan fingerprint density at radius 3 is 2.58 bits per heavy atom. The fourth-order valence-electron chi connectivity index (χ4n) is 4.32. The Hall–Kier alpha value is -1.99. The Labute approximate surface area is 153 Å². The van der Waals surface area contributed by atoms with Gasteiger partial charge in [0.1, 0.15) is 0 Å². The van der Waals surface area contributed by atoms with E-state index in [9.17, 15) is 9.90 Å². The van der Waals surface area contributed by atoms with E-state index in [1.54, 1.807) is 21.5 Å². The molecule has 0 bridgehead atoms. The van der Waals surface area contributed by atoms with Crippen LogP contribution in [0.2, 0.25) is 0 Å². The summed E-state index contributed by atoms with van der Waals surface area (Å²) in [4.78, 5) is 14.5. The Kier molecular flexibility index (Phi) is 4.44. The van der Waals surface area contributed by atoms with E-state index in [2.05, 4.69) is 15.1 Å². The first kappa shape index (κ1) is 17.4. The van der Waals surface area contributed by atoms with E-state index in [-0.39, 0.29) is 5.56 Å². The van der Waals surface area contributed by atoms with Crippen molar-refractivity contribution in [1.29, 1.82) is 0 Å². The summed E-state index contributed by atoms with van der Waals surface area (Å²) >= 11 is 0.